The molecule has 8 heteroatoms. The molecule has 2 aromatic heterocycles. The molecule has 2 heterocycles. The quantitative estimate of drug-likeness (QED) is 0.812. The summed E-state index contributed by atoms with van der Waals surface area (Å²) in [5.74, 6) is -0.637. The van der Waals surface area contributed by atoms with Gasteiger partial charge in [-0.1, -0.05) is 0 Å². The third kappa shape index (κ3) is 4.17. The van der Waals surface area contributed by atoms with Crippen LogP contribution in [0.1, 0.15) is 21.6 Å². The summed E-state index contributed by atoms with van der Waals surface area (Å²) in [7, 11) is 5.06. The highest BCUT2D eigenvalue weighted by atomic mass is 32.1. The van der Waals surface area contributed by atoms with E-state index in [1.807, 2.05) is 25.9 Å². The second-order valence-electron chi connectivity index (χ2n) is 5.25. The van der Waals surface area contributed by atoms with Crippen molar-refractivity contribution in [3.8, 4) is 0 Å². The molecule has 0 atom stereocenters. The summed E-state index contributed by atoms with van der Waals surface area (Å²) in [5.41, 5.74) is 2.52. The van der Waals surface area contributed by atoms with Crippen molar-refractivity contribution in [2.24, 2.45) is 7.05 Å². The zero-order chi connectivity index (χ0) is 17.0. The highest BCUT2D eigenvalue weighted by Gasteiger charge is 2.16. The third-order valence-electron chi connectivity index (χ3n) is 3.51. The molecular weight excluding hydrogens is 316 g/mol. The molecular formula is C15H20N4O3S. The summed E-state index contributed by atoms with van der Waals surface area (Å²) in [6, 6.07) is 1.63. The summed E-state index contributed by atoms with van der Waals surface area (Å²) in [4.78, 5) is 25.6. The molecule has 124 valence electrons. The van der Waals surface area contributed by atoms with E-state index in [9.17, 15) is 9.59 Å². The van der Waals surface area contributed by atoms with Crippen molar-refractivity contribution >= 4 is 28.2 Å². The van der Waals surface area contributed by atoms with Crippen molar-refractivity contribution in [2.75, 3.05) is 26.0 Å². The molecule has 0 aliphatic heterocycles. The van der Waals surface area contributed by atoms with Crippen LogP contribution in [0.4, 0.5) is 5.00 Å². The van der Waals surface area contributed by atoms with Gasteiger partial charge >= 0.3 is 5.97 Å². The van der Waals surface area contributed by atoms with Gasteiger partial charge in [0.25, 0.3) is 0 Å². The Kier molecular flexibility index (Phi) is 5.51. The fourth-order valence-corrected chi connectivity index (χ4v) is 2.93. The van der Waals surface area contributed by atoms with Crippen LogP contribution < -0.4 is 5.32 Å². The number of aromatic nitrogens is 2. The lowest BCUT2D eigenvalue weighted by atomic mass is 10.2. The van der Waals surface area contributed by atoms with Crippen molar-refractivity contribution in [1.82, 2.24) is 14.7 Å². The number of hydrogen-bond acceptors (Lipinski definition) is 6. The SMILES string of the molecule is COC(=O)c1ccsc1NC(=O)CN(C)Cc1cnn(C)c1C. The van der Waals surface area contributed by atoms with Gasteiger partial charge in [-0.15, -0.1) is 11.3 Å². The fourth-order valence-electron chi connectivity index (χ4n) is 2.13. The Morgan fingerprint density at radius 2 is 2.22 bits per heavy atom. The van der Waals surface area contributed by atoms with Crippen LogP contribution in [0.3, 0.4) is 0 Å². The monoisotopic (exact) mass is 336 g/mol. The van der Waals surface area contributed by atoms with E-state index in [4.69, 9.17) is 0 Å². The van der Waals surface area contributed by atoms with Gasteiger partial charge in [0.05, 0.1) is 25.4 Å². The maximum atomic E-state index is 12.1. The topological polar surface area (TPSA) is 76.5 Å². The van der Waals surface area contributed by atoms with Crippen LogP contribution >= 0.6 is 11.3 Å². The van der Waals surface area contributed by atoms with E-state index >= 15 is 0 Å². The number of methoxy groups -OCH3 is 1. The molecule has 0 saturated carbocycles. The third-order valence-corrected chi connectivity index (χ3v) is 4.34. The Morgan fingerprint density at radius 3 is 2.83 bits per heavy atom. The maximum absolute atomic E-state index is 12.1. The first-order valence-electron chi connectivity index (χ1n) is 7.04. The normalized spacial score (nSPS) is 10.8. The van der Waals surface area contributed by atoms with Crippen molar-refractivity contribution in [2.45, 2.75) is 13.5 Å². The molecule has 0 saturated heterocycles. The van der Waals surface area contributed by atoms with Crippen LogP contribution in [0.15, 0.2) is 17.6 Å². The van der Waals surface area contributed by atoms with E-state index in [0.717, 1.165) is 11.3 Å². The van der Waals surface area contributed by atoms with Crippen molar-refractivity contribution in [3.63, 3.8) is 0 Å². The van der Waals surface area contributed by atoms with E-state index in [2.05, 4.69) is 15.2 Å². The molecule has 7 nitrogen and oxygen atoms in total. The smallest absolute Gasteiger partial charge is 0.340 e. The van der Waals surface area contributed by atoms with E-state index in [0.29, 0.717) is 17.1 Å². The number of esters is 1. The largest absolute Gasteiger partial charge is 0.465 e. The molecule has 0 unspecified atom stereocenters. The Labute approximate surface area is 138 Å². The minimum absolute atomic E-state index is 0.179. The van der Waals surface area contributed by atoms with Crippen molar-refractivity contribution in [1.29, 1.82) is 0 Å². The zero-order valence-electron chi connectivity index (χ0n) is 13.6. The van der Waals surface area contributed by atoms with Gasteiger partial charge in [0.15, 0.2) is 0 Å². The molecule has 23 heavy (non-hydrogen) atoms. The number of nitrogens with one attached hydrogen (secondary N) is 1. The number of amides is 1. The molecule has 0 radical (unpaired) electrons. The average molecular weight is 336 g/mol. The molecule has 1 N–H and O–H groups in total. The van der Waals surface area contributed by atoms with E-state index in [-0.39, 0.29) is 12.5 Å². The lowest BCUT2D eigenvalue weighted by molar-refractivity contribution is -0.117. The molecule has 0 fully saturated rings. The first-order valence-corrected chi connectivity index (χ1v) is 7.92. The minimum atomic E-state index is -0.458. The van der Waals surface area contributed by atoms with Crippen molar-refractivity contribution < 1.29 is 14.3 Å². The van der Waals surface area contributed by atoms with Crippen LogP contribution in [0.5, 0.6) is 0 Å². The van der Waals surface area contributed by atoms with E-state index in [1.165, 1.54) is 18.4 Å². The maximum Gasteiger partial charge on any atom is 0.340 e. The predicted molar refractivity (Wildman–Crippen MR) is 88.6 cm³/mol. The number of carbonyl (C=O) groups is 2. The second kappa shape index (κ2) is 7.38. The van der Waals surface area contributed by atoms with Crippen molar-refractivity contribution in [3.05, 3.63) is 34.5 Å². The van der Waals surface area contributed by atoms with E-state index < -0.39 is 5.97 Å². The summed E-state index contributed by atoms with van der Waals surface area (Å²) in [6.45, 7) is 2.83. The van der Waals surface area contributed by atoms with Crippen LogP contribution in [-0.2, 0) is 23.1 Å². The predicted octanol–water partition coefficient (Wildman–Crippen LogP) is 1.65. The van der Waals surface area contributed by atoms with Gasteiger partial charge < -0.3 is 10.1 Å². The lowest BCUT2D eigenvalue weighted by Gasteiger charge is -2.16. The number of likely N-dealkylation sites (N-methyl/N-ethyl adjacent to an activating group) is 1. The number of anilines is 1. The van der Waals surface area contributed by atoms with Crippen LogP contribution in [0.2, 0.25) is 0 Å². The van der Waals surface area contributed by atoms with E-state index in [1.54, 1.807) is 22.3 Å². The summed E-state index contributed by atoms with van der Waals surface area (Å²) < 4.78 is 6.49. The van der Waals surface area contributed by atoms with Gasteiger partial charge in [0, 0.05) is 24.8 Å². The summed E-state index contributed by atoms with van der Waals surface area (Å²) in [5, 5.41) is 9.20. The van der Waals surface area contributed by atoms with Gasteiger partial charge in [-0.2, -0.15) is 5.10 Å². The summed E-state index contributed by atoms with van der Waals surface area (Å²) >= 11 is 1.29. The van der Waals surface area contributed by atoms with Gasteiger partial charge in [0.2, 0.25) is 5.91 Å². The fraction of sp³-hybridized carbons (Fsp3) is 0.400. The van der Waals surface area contributed by atoms with Gasteiger partial charge in [-0.3, -0.25) is 14.4 Å². The number of carbonyl (C=O) groups excluding carboxylic acids is 2. The number of aryl methyl sites for hydroxylation is 1. The number of hydrogen-bond donors (Lipinski definition) is 1. The first kappa shape index (κ1) is 17.2. The Bertz CT molecular complexity index is 707. The van der Waals surface area contributed by atoms with Gasteiger partial charge in [0.1, 0.15) is 5.00 Å². The molecule has 0 aromatic carbocycles. The Balaban J connectivity index is 1.93. The highest BCUT2D eigenvalue weighted by molar-refractivity contribution is 7.14. The first-order chi connectivity index (χ1) is 10.9. The van der Waals surface area contributed by atoms with Crippen LogP contribution in [0, 0.1) is 6.92 Å². The molecule has 0 spiro atoms. The average Bonchev–Trinajstić information content (AvgIpc) is 3.08. The number of nitrogens with zero attached hydrogens (tertiary/aromatic N) is 3. The molecule has 0 aliphatic carbocycles. The molecule has 0 bridgehead atoms. The number of rotatable bonds is 6. The Hall–Kier alpha value is -2.19. The Morgan fingerprint density at radius 1 is 1.48 bits per heavy atom. The van der Waals surface area contributed by atoms with Gasteiger partial charge in [-0.05, 0) is 25.4 Å². The zero-order valence-corrected chi connectivity index (χ0v) is 14.4. The highest BCUT2D eigenvalue weighted by Crippen LogP contribution is 2.23. The molecule has 1 amide bonds. The summed E-state index contributed by atoms with van der Waals surface area (Å²) in [6.07, 6.45) is 1.80. The van der Waals surface area contributed by atoms with Gasteiger partial charge in [-0.25, -0.2) is 4.79 Å². The minimum Gasteiger partial charge on any atom is -0.465 e. The van der Waals surface area contributed by atoms with Crippen LogP contribution in [0.25, 0.3) is 0 Å². The number of ether oxygens (including phenoxy) is 1. The van der Waals surface area contributed by atoms with Crippen LogP contribution in [-0.4, -0.2) is 47.3 Å². The molecule has 0 aliphatic rings. The lowest BCUT2D eigenvalue weighted by Crippen LogP contribution is -2.30. The molecule has 2 aromatic rings. The standard InChI is InChI=1S/C15H20N4O3S/c1-10-11(7-16-19(10)3)8-18(2)9-13(20)17-14-12(5-6-23-14)15(21)22-4/h5-7H,8-9H2,1-4H3,(H,17,20). The second-order valence-corrected chi connectivity index (χ2v) is 6.17. The number of thiophene rings is 1. The molecule has 2 rings (SSSR count).